The van der Waals surface area contributed by atoms with E-state index in [4.69, 9.17) is 4.74 Å². The van der Waals surface area contributed by atoms with Crippen molar-refractivity contribution in [2.45, 2.75) is 106 Å². The van der Waals surface area contributed by atoms with Crippen LogP contribution in [-0.4, -0.2) is 11.6 Å². The lowest BCUT2D eigenvalue weighted by Crippen LogP contribution is -2.43. The molecule has 1 atom stereocenters. The van der Waals surface area contributed by atoms with Crippen molar-refractivity contribution in [3.63, 3.8) is 0 Å². The van der Waals surface area contributed by atoms with Crippen LogP contribution in [0.25, 0.3) is 0 Å². The highest BCUT2D eigenvalue weighted by atomic mass is 16.6. The fourth-order valence-corrected chi connectivity index (χ4v) is 3.65. The summed E-state index contributed by atoms with van der Waals surface area (Å²) >= 11 is 0. The van der Waals surface area contributed by atoms with Gasteiger partial charge in [0.15, 0.2) is 0 Å². The Hall–Kier alpha value is -0.530. The van der Waals surface area contributed by atoms with Crippen molar-refractivity contribution < 1.29 is 9.53 Å². The average Bonchev–Trinajstić information content (AvgIpc) is 2.44. The van der Waals surface area contributed by atoms with E-state index in [0.29, 0.717) is 5.92 Å². The molecule has 2 nitrogen and oxygen atoms in total. The predicted octanol–water partition coefficient (Wildman–Crippen LogP) is 6.38. The first-order valence-electron chi connectivity index (χ1n) is 9.62. The zero-order valence-electron chi connectivity index (χ0n) is 16.9. The van der Waals surface area contributed by atoms with Gasteiger partial charge in [0, 0.05) is 0 Å². The minimum absolute atomic E-state index is 0.00889. The molecule has 136 valence electrons. The van der Waals surface area contributed by atoms with Gasteiger partial charge in [-0.15, -0.1) is 0 Å². The third kappa shape index (κ3) is 6.12. The molecule has 0 heterocycles. The van der Waals surface area contributed by atoms with Crippen LogP contribution in [-0.2, 0) is 9.53 Å². The lowest BCUT2D eigenvalue weighted by Gasteiger charge is -2.40. The predicted molar refractivity (Wildman–Crippen MR) is 98.4 cm³/mol. The fraction of sp³-hybridized carbons (Fsp3) is 0.952. The maximum Gasteiger partial charge on any atom is 0.310 e. The van der Waals surface area contributed by atoms with Crippen molar-refractivity contribution in [1.29, 1.82) is 0 Å². The van der Waals surface area contributed by atoms with E-state index >= 15 is 0 Å². The minimum atomic E-state index is -0.336. The first kappa shape index (κ1) is 20.5. The van der Waals surface area contributed by atoms with Crippen LogP contribution in [0.15, 0.2) is 0 Å². The number of carbonyl (C=O) groups excluding carboxylic acids is 1. The third-order valence-corrected chi connectivity index (χ3v) is 6.00. The lowest BCUT2D eigenvalue weighted by molar-refractivity contribution is -0.173. The molecule has 1 aliphatic rings. The average molecular weight is 325 g/mol. The van der Waals surface area contributed by atoms with Crippen LogP contribution in [0.1, 0.15) is 100 Å². The zero-order valence-corrected chi connectivity index (χ0v) is 16.9. The second-order valence-corrected chi connectivity index (χ2v) is 10.00. The molecule has 2 heteroatoms. The number of carbonyl (C=O) groups is 1. The van der Waals surface area contributed by atoms with E-state index in [-0.39, 0.29) is 28.3 Å². The Labute approximate surface area is 144 Å². The van der Waals surface area contributed by atoms with Gasteiger partial charge in [-0.1, -0.05) is 67.2 Å². The molecule has 1 aliphatic carbocycles. The third-order valence-electron chi connectivity index (χ3n) is 6.00. The topological polar surface area (TPSA) is 26.3 Å². The van der Waals surface area contributed by atoms with Crippen molar-refractivity contribution in [2.75, 3.05) is 0 Å². The molecular weight excluding hydrogens is 284 g/mol. The Kier molecular flexibility index (Phi) is 6.75. The SMILES string of the molecule is CCC(C)(C)CC(C(=O)OC(C)(C)C1CCCCC1)C(C)(C)C. The Balaban J connectivity index is 2.84. The first-order valence-corrected chi connectivity index (χ1v) is 9.62. The van der Waals surface area contributed by atoms with Crippen molar-refractivity contribution in [2.24, 2.45) is 22.7 Å². The lowest BCUT2D eigenvalue weighted by atomic mass is 9.70. The summed E-state index contributed by atoms with van der Waals surface area (Å²) in [7, 11) is 0. The van der Waals surface area contributed by atoms with Crippen LogP contribution < -0.4 is 0 Å². The van der Waals surface area contributed by atoms with Crippen molar-refractivity contribution in [3.8, 4) is 0 Å². The second-order valence-electron chi connectivity index (χ2n) is 10.00. The molecule has 0 bridgehead atoms. The summed E-state index contributed by atoms with van der Waals surface area (Å²) in [4.78, 5) is 13.0. The molecule has 23 heavy (non-hydrogen) atoms. The second kappa shape index (κ2) is 7.57. The first-order chi connectivity index (χ1) is 10.4. The van der Waals surface area contributed by atoms with Gasteiger partial charge in [0.2, 0.25) is 0 Å². The van der Waals surface area contributed by atoms with E-state index < -0.39 is 0 Å². The van der Waals surface area contributed by atoms with Gasteiger partial charge >= 0.3 is 5.97 Å². The molecular formula is C21H40O2. The highest BCUT2D eigenvalue weighted by Gasteiger charge is 2.41. The van der Waals surface area contributed by atoms with Crippen LogP contribution in [0.2, 0.25) is 0 Å². The van der Waals surface area contributed by atoms with Crippen LogP contribution >= 0.6 is 0 Å². The van der Waals surface area contributed by atoms with E-state index in [1.165, 1.54) is 32.1 Å². The number of esters is 1. The van der Waals surface area contributed by atoms with Crippen LogP contribution in [0.3, 0.4) is 0 Å². The van der Waals surface area contributed by atoms with E-state index in [9.17, 15) is 4.79 Å². The van der Waals surface area contributed by atoms with E-state index in [0.717, 1.165) is 12.8 Å². The Morgan fingerprint density at radius 3 is 1.96 bits per heavy atom. The zero-order chi connectivity index (χ0) is 17.9. The maximum atomic E-state index is 13.0. The molecule has 0 aromatic carbocycles. The van der Waals surface area contributed by atoms with E-state index in [1.807, 2.05) is 0 Å². The molecule has 1 fully saturated rings. The Morgan fingerprint density at radius 1 is 1.00 bits per heavy atom. The molecule has 0 N–H and O–H groups in total. The van der Waals surface area contributed by atoms with Gasteiger partial charge in [0.25, 0.3) is 0 Å². The molecule has 0 aromatic heterocycles. The van der Waals surface area contributed by atoms with Gasteiger partial charge in [-0.2, -0.15) is 0 Å². The summed E-state index contributed by atoms with van der Waals surface area (Å²) in [5.74, 6) is 0.481. The molecule has 0 aromatic rings. The highest BCUT2D eigenvalue weighted by molar-refractivity contribution is 5.74. The van der Waals surface area contributed by atoms with Crippen molar-refractivity contribution in [1.82, 2.24) is 0 Å². The molecule has 1 unspecified atom stereocenters. The molecule has 1 rings (SSSR count). The van der Waals surface area contributed by atoms with E-state index in [2.05, 4.69) is 55.4 Å². The summed E-state index contributed by atoms with van der Waals surface area (Å²) in [6.45, 7) is 17.4. The summed E-state index contributed by atoms with van der Waals surface area (Å²) in [6.07, 6.45) is 8.25. The van der Waals surface area contributed by atoms with Gasteiger partial charge in [-0.3, -0.25) is 4.79 Å². The molecule has 0 amide bonds. The van der Waals surface area contributed by atoms with Gasteiger partial charge in [0.05, 0.1) is 5.92 Å². The van der Waals surface area contributed by atoms with Crippen molar-refractivity contribution >= 4 is 5.97 Å². The molecule has 0 saturated heterocycles. The molecule has 0 aliphatic heterocycles. The quantitative estimate of drug-likeness (QED) is 0.530. The summed E-state index contributed by atoms with van der Waals surface area (Å²) in [5.41, 5.74) is -0.227. The van der Waals surface area contributed by atoms with E-state index in [1.54, 1.807) is 0 Å². The Morgan fingerprint density at radius 2 is 1.52 bits per heavy atom. The molecule has 0 radical (unpaired) electrons. The van der Waals surface area contributed by atoms with Crippen LogP contribution in [0, 0.1) is 22.7 Å². The molecule has 0 spiro atoms. The van der Waals surface area contributed by atoms with Gasteiger partial charge in [-0.25, -0.2) is 0 Å². The molecule has 1 saturated carbocycles. The van der Waals surface area contributed by atoms with Crippen LogP contribution in [0.5, 0.6) is 0 Å². The smallest absolute Gasteiger partial charge is 0.310 e. The Bertz CT molecular complexity index is 381. The standard InChI is InChI=1S/C21H40O2/c1-9-20(5,6)15-17(19(2,3)4)18(22)23-21(7,8)16-13-11-10-12-14-16/h16-17H,9-15H2,1-8H3. The van der Waals surface area contributed by atoms with Gasteiger partial charge in [-0.05, 0) is 49.9 Å². The largest absolute Gasteiger partial charge is 0.459 e. The van der Waals surface area contributed by atoms with Crippen molar-refractivity contribution in [3.05, 3.63) is 0 Å². The van der Waals surface area contributed by atoms with Gasteiger partial charge < -0.3 is 4.74 Å². The normalized spacial score (nSPS) is 19.5. The summed E-state index contributed by atoms with van der Waals surface area (Å²) in [6, 6.07) is 0. The monoisotopic (exact) mass is 324 g/mol. The fourth-order valence-electron chi connectivity index (χ4n) is 3.65. The maximum absolute atomic E-state index is 13.0. The number of ether oxygens (including phenoxy) is 1. The highest BCUT2D eigenvalue weighted by Crippen LogP contribution is 2.41. The van der Waals surface area contributed by atoms with Gasteiger partial charge in [0.1, 0.15) is 5.60 Å². The summed E-state index contributed by atoms with van der Waals surface area (Å²) < 4.78 is 6.12. The van der Waals surface area contributed by atoms with Crippen LogP contribution in [0.4, 0.5) is 0 Å². The number of hydrogen-bond donors (Lipinski definition) is 0. The minimum Gasteiger partial charge on any atom is -0.459 e. The summed E-state index contributed by atoms with van der Waals surface area (Å²) in [5, 5.41) is 0. The number of hydrogen-bond acceptors (Lipinski definition) is 2. The number of rotatable bonds is 6.